The van der Waals surface area contributed by atoms with Gasteiger partial charge in [-0.15, -0.1) is 0 Å². The molecule has 3 N–H and O–H groups in total. The number of hydrogen-bond acceptors (Lipinski definition) is 4. The fourth-order valence-electron chi connectivity index (χ4n) is 4.22. The van der Waals surface area contributed by atoms with E-state index < -0.39 is 0 Å². The molecule has 5 rings (SSSR count). The zero-order valence-electron chi connectivity index (χ0n) is 18.4. The third-order valence-corrected chi connectivity index (χ3v) is 6.06. The van der Waals surface area contributed by atoms with E-state index in [2.05, 4.69) is 30.5 Å². The van der Waals surface area contributed by atoms with Gasteiger partial charge in [-0.25, -0.2) is 23.5 Å². The molecule has 0 atom stereocenters. The van der Waals surface area contributed by atoms with Gasteiger partial charge in [-0.3, -0.25) is 0 Å². The van der Waals surface area contributed by atoms with Crippen molar-refractivity contribution in [3.8, 4) is 11.3 Å². The van der Waals surface area contributed by atoms with E-state index in [9.17, 15) is 13.6 Å². The highest BCUT2D eigenvalue weighted by Crippen LogP contribution is 2.30. The van der Waals surface area contributed by atoms with E-state index in [1.54, 1.807) is 24.3 Å². The summed E-state index contributed by atoms with van der Waals surface area (Å²) in [7, 11) is 0. The molecule has 3 heterocycles. The van der Waals surface area contributed by atoms with Crippen molar-refractivity contribution in [3.63, 3.8) is 0 Å². The predicted octanol–water partition coefficient (Wildman–Crippen LogP) is 4.37. The van der Waals surface area contributed by atoms with Crippen molar-refractivity contribution in [3.05, 3.63) is 78.1 Å². The van der Waals surface area contributed by atoms with E-state index in [0.717, 1.165) is 59.6 Å². The van der Waals surface area contributed by atoms with Crippen LogP contribution in [0.1, 0.15) is 18.4 Å². The number of fused-ring (bicyclic) bond motifs is 1. The summed E-state index contributed by atoms with van der Waals surface area (Å²) in [6.07, 6.45) is 3.10. The number of amides is 2. The van der Waals surface area contributed by atoms with Gasteiger partial charge in [0.25, 0.3) is 0 Å². The van der Waals surface area contributed by atoms with E-state index in [1.165, 1.54) is 30.6 Å². The highest BCUT2D eigenvalue weighted by atomic mass is 19.1. The standard InChI is InChI=1S/C25H24F2N6O/c26-18-5-1-16(2-6-18)14-28-25(34)31-20-9-11-33(12-10-20)24-21-13-22(32-23(21)29-15-30-24)17-3-7-19(27)8-4-17/h1-8,13,15,20H,9-12,14H2,(H2,28,31,34)(H,29,30,32). The summed E-state index contributed by atoms with van der Waals surface area (Å²) in [5.74, 6) is 0.266. The first-order valence-corrected chi connectivity index (χ1v) is 11.2. The minimum Gasteiger partial charge on any atom is -0.356 e. The number of hydrogen-bond donors (Lipinski definition) is 3. The van der Waals surface area contributed by atoms with Crippen LogP contribution in [0.15, 0.2) is 60.9 Å². The Morgan fingerprint density at radius 1 is 1.00 bits per heavy atom. The molecule has 2 aromatic carbocycles. The zero-order valence-corrected chi connectivity index (χ0v) is 18.4. The topological polar surface area (TPSA) is 85.9 Å². The van der Waals surface area contributed by atoms with Crippen LogP contribution in [0, 0.1) is 11.6 Å². The molecule has 4 aromatic rings. The number of aromatic amines is 1. The second-order valence-electron chi connectivity index (χ2n) is 8.36. The number of H-pyrrole nitrogens is 1. The van der Waals surface area contributed by atoms with Crippen molar-refractivity contribution >= 4 is 22.9 Å². The third kappa shape index (κ3) is 4.83. The van der Waals surface area contributed by atoms with Crippen LogP contribution in [0.3, 0.4) is 0 Å². The molecular weight excluding hydrogens is 438 g/mol. The van der Waals surface area contributed by atoms with Crippen molar-refractivity contribution in [2.75, 3.05) is 18.0 Å². The normalized spacial score (nSPS) is 14.4. The summed E-state index contributed by atoms with van der Waals surface area (Å²) < 4.78 is 26.3. The Balaban J connectivity index is 1.19. The average molecular weight is 463 g/mol. The maximum absolute atomic E-state index is 13.3. The molecule has 1 aliphatic rings. The van der Waals surface area contributed by atoms with Gasteiger partial charge in [-0.2, -0.15) is 0 Å². The molecule has 174 valence electrons. The van der Waals surface area contributed by atoms with Crippen LogP contribution in [0.25, 0.3) is 22.3 Å². The molecule has 9 heteroatoms. The van der Waals surface area contributed by atoms with Crippen LogP contribution in [0.4, 0.5) is 19.4 Å². The summed E-state index contributed by atoms with van der Waals surface area (Å²) in [5, 5.41) is 6.75. The van der Waals surface area contributed by atoms with Gasteiger partial charge >= 0.3 is 6.03 Å². The Labute approximate surface area is 195 Å². The van der Waals surface area contributed by atoms with E-state index in [-0.39, 0.29) is 23.7 Å². The lowest BCUT2D eigenvalue weighted by molar-refractivity contribution is 0.234. The molecule has 0 unspecified atom stereocenters. The van der Waals surface area contributed by atoms with Gasteiger partial charge in [-0.05, 0) is 66.4 Å². The number of piperidine rings is 1. The highest BCUT2D eigenvalue weighted by Gasteiger charge is 2.23. The van der Waals surface area contributed by atoms with Crippen LogP contribution < -0.4 is 15.5 Å². The maximum Gasteiger partial charge on any atom is 0.315 e. The highest BCUT2D eigenvalue weighted by molar-refractivity contribution is 5.92. The second kappa shape index (κ2) is 9.46. The second-order valence-corrected chi connectivity index (χ2v) is 8.36. The summed E-state index contributed by atoms with van der Waals surface area (Å²) >= 11 is 0. The molecular formula is C25H24F2N6O. The first-order valence-electron chi connectivity index (χ1n) is 11.2. The molecule has 1 saturated heterocycles. The lowest BCUT2D eigenvalue weighted by Gasteiger charge is -2.33. The minimum absolute atomic E-state index is 0.0581. The lowest BCUT2D eigenvalue weighted by Crippen LogP contribution is -2.48. The van der Waals surface area contributed by atoms with Gasteiger partial charge in [0.2, 0.25) is 0 Å². The Hall–Kier alpha value is -4.01. The molecule has 1 aliphatic heterocycles. The Bertz CT molecular complexity index is 1280. The molecule has 0 saturated carbocycles. The first kappa shape index (κ1) is 21.8. The molecule has 34 heavy (non-hydrogen) atoms. The zero-order chi connectivity index (χ0) is 23.5. The number of halogens is 2. The van der Waals surface area contributed by atoms with E-state index in [1.807, 2.05) is 6.07 Å². The summed E-state index contributed by atoms with van der Waals surface area (Å²) in [6.45, 7) is 1.83. The Kier molecular flexibility index (Phi) is 6.07. The third-order valence-electron chi connectivity index (χ3n) is 6.06. The fraction of sp³-hybridized carbons (Fsp3) is 0.240. The van der Waals surface area contributed by atoms with Gasteiger partial charge in [0.15, 0.2) is 0 Å². The van der Waals surface area contributed by atoms with Crippen molar-refractivity contribution in [2.45, 2.75) is 25.4 Å². The van der Waals surface area contributed by atoms with Crippen LogP contribution in [-0.4, -0.2) is 40.1 Å². The van der Waals surface area contributed by atoms with Crippen molar-refractivity contribution < 1.29 is 13.6 Å². The van der Waals surface area contributed by atoms with E-state index >= 15 is 0 Å². The van der Waals surface area contributed by atoms with Gasteiger partial charge < -0.3 is 20.5 Å². The number of urea groups is 1. The van der Waals surface area contributed by atoms with Crippen LogP contribution in [-0.2, 0) is 6.54 Å². The molecule has 2 aromatic heterocycles. The number of benzene rings is 2. The largest absolute Gasteiger partial charge is 0.356 e. The van der Waals surface area contributed by atoms with Crippen molar-refractivity contribution in [1.82, 2.24) is 25.6 Å². The molecule has 2 amide bonds. The minimum atomic E-state index is -0.299. The number of aromatic nitrogens is 3. The number of carbonyl (C=O) groups is 1. The molecule has 0 radical (unpaired) electrons. The van der Waals surface area contributed by atoms with Crippen LogP contribution in [0.5, 0.6) is 0 Å². The Morgan fingerprint density at radius 2 is 1.68 bits per heavy atom. The SMILES string of the molecule is O=C(NCc1ccc(F)cc1)NC1CCN(c2ncnc3[nH]c(-c4ccc(F)cc4)cc23)CC1. The molecule has 0 spiro atoms. The first-order chi connectivity index (χ1) is 16.5. The summed E-state index contributed by atoms with van der Waals surface area (Å²) in [5.41, 5.74) is 3.29. The molecule has 0 aliphatic carbocycles. The van der Waals surface area contributed by atoms with E-state index in [4.69, 9.17) is 0 Å². The fourth-order valence-corrected chi connectivity index (χ4v) is 4.22. The van der Waals surface area contributed by atoms with Gasteiger partial charge in [0, 0.05) is 31.4 Å². The average Bonchev–Trinajstić information content (AvgIpc) is 3.29. The van der Waals surface area contributed by atoms with Crippen LogP contribution in [0.2, 0.25) is 0 Å². The van der Waals surface area contributed by atoms with Crippen molar-refractivity contribution in [1.29, 1.82) is 0 Å². The van der Waals surface area contributed by atoms with Crippen LogP contribution >= 0.6 is 0 Å². The summed E-state index contributed by atoms with van der Waals surface area (Å²) in [4.78, 5) is 26.6. The number of carbonyl (C=O) groups excluding carboxylic acids is 1. The number of nitrogens with one attached hydrogen (secondary N) is 3. The summed E-state index contributed by atoms with van der Waals surface area (Å²) in [6, 6.07) is 14.2. The number of nitrogens with zero attached hydrogens (tertiary/aromatic N) is 3. The van der Waals surface area contributed by atoms with Gasteiger partial charge in [0.05, 0.1) is 5.39 Å². The quantitative estimate of drug-likeness (QED) is 0.411. The molecule has 1 fully saturated rings. The van der Waals surface area contributed by atoms with Crippen molar-refractivity contribution in [2.24, 2.45) is 0 Å². The van der Waals surface area contributed by atoms with Gasteiger partial charge in [-0.1, -0.05) is 12.1 Å². The smallest absolute Gasteiger partial charge is 0.315 e. The number of anilines is 1. The predicted molar refractivity (Wildman–Crippen MR) is 126 cm³/mol. The molecule has 0 bridgehead atoms. The molecule has 7 nitrogen and oxygen atoms in total. The number of rotatable bonds is 5. The van der Waals surface area contributed by atoms with Gasteiger partial charge in [0.1, 0.15) is 29.4 Å². The lowest BCUT2D eigenvalue weighted by atomic mass is 10.0. The monoisotopic (exact) mass is 462 g/mol. The Morgan fingerprint density at radius 3 is 2.38 bits per heavy atom. The van der Waals surface area contributed by atoms with E-state index in [0.29, 0.717) is 6.54 Å². The maximum atomic E-state index is 13.3.